The summed E-state index contributed by atoms with van der Waals surface area (Å²) in [7, 11) is 2.20. The number of rotatable bonds is 10. The van der Waals surface area contributed by atoms with Gasteiger partial charge in [0, 0.05) is 0 Å². The summed E-state index contributed by atoms with van der Waals surface area (Å²) in [4.78, 5) is 0. The summed E-state index contributed by atoms with van der Waals surface area (Å²) in [6.07, 6.45) is 12.8. The van der Waals surface area contributed by atoms with Crippen molar-refractivity contribution in [3.05, 3.63) is 0 Å². The minimum atomic E-state index is 0. The molecule has 0 fully saturated rings. The quantitative estimate of drug-likeness (QED) is 0.518. The van der Waals surface area contributed by atoms with Crippen LogP contribution in [0, 0.1) is 0 Å². The second-order valence-corrected chi connectivity index (χ2v) is 4.41. The van der Waals surface area contributed by atoms with Crippen molar-refractivity contribution in [2.45, 2.75) is 77.7 Å². The molecule has 0 radical (unpaired) electrons. The van der Waals surface area contributed by atoms with Gasteiger partial charge in [-0.2, -0.15) is 0 Å². The van der Waals surface area contributed by atoms with Crippen molar-refractivity contribution >= 4 is 0 Å². The van der Waals surface area contributed by atoms with E-state index in [0.29, 0.717) is 0 Å². The Morgan fingerprint density at radius 1 is 0.867 bits per heavy atom. The van der Waals surface area contributed by atoms with E-state index >= 15 is 0 Å². The third kappa shape index (κ3) is 12.2. The molecule has 0 spiro atoms. The number of hydrogen-bond acceptors (Lipinski definition) is 0. The molecule has 0 aliphatic rings. The van der Waals surface area contributed by atoms with E-state index in [0.717, 1.165) is 6.04 Å². The molecule has 15 heavy (non-hydrogen) atoms. The summed E-state index contributed by atoms with van der Waals surface area (Å²) < 4.78 is 0. The van der Waals surface area contributed by atoms with Crippen molar-refractivity contribution in [3.63, 3.8) is 0 Å². The van der Waals surface area contributed by atoms with Gasteiger partial charge in [0.1, 0.15) is 0 Å². The van der Waals surface area contributed by atoms with Crippen LogP contribution in [-0.2, 0) is 0 Å². The van der Waals surface area contributed by atoms with Gasteiger partial charge in [-0.05, 0) is 19.3 Å². The van der Waals surface area contributed by atoms with Gasteiger partial charge in [-0.1, -0.05) is 52.4 Å². The largest absolute Gasteiger partial charge is 1.00 e. The lowest BCUT2D eigenvalue weighted by Crippen LogP contribution is -3.00. The van der Waals surface area contributed by atoms with Crippen LogP contribution in [0.2, 0.25) is 0 Å². The number of quaternary nitrogens is 1. The van der Waals surface area contributed by atoms with Crippen LogP contribution in [0.15, 0.2) is 0 Å². The lowest BCUT2D eigenvalue weighted by atomic mass is 10.0. The second kappa shape index (κ2) is 14.2. The number of nitrogens with two attached hydrogens (primary N) is 1. The molecule has 2 heteroatoms. The molecule has 1 nitrogen and oxygen atoms in total. The molecule has 0 heterocycles. The molecule has 0 aliphatic carbocycles. The van der Waals surface area contributed by atoms with Crippen LogP contribution < -0.4 is 17.7 Å². The summed E-state index contributed by atoms with van der Waals surface area (Å²) >= 11 is 0. The third-order valence-corrected chi connectivity index (χ3v) is 3.17. The third-order valence-electron chi connectivity index (χ3n) is 3.17. The van der Waals surface area contributed by atoms with Crippen LogP contribution in [0.25, 0.3) is 0 Å². The Kier molecular flexibility index (Phi) is 16.8. The summed E-state index contributed by atoms with van der Waals surface area (Å²) in [5.74, 6) is 0. The second-order valence-electron chi connectivity index (χ2n) is 4.41. The van der Waals surface area contributed by atoms with E-state index in [2.05, 4.69) is 26.2 Å². The number of halogens is 1. The van der Waals surface area contributed by atoms with Crippen LogP contribution in [0.1, 0.15) is 71.6 Å². The van der Waals surface area contributed by atoms with E-state index in [1.165, 1.54) is 57.8 Å². The van der Waals surface area contributed by atoms with Gasteiger partial charge >= 0.3 is 0 Å². The molecule has 0 aromatic carbocycles. The molecule has 2 N–H and O–H groups in total. The first-order chi connectivity index (χ1) is 6.85. The zero-order valence-electron chi connectivity index (χ0n) is 10.9. The highest BCUT2D eigenvalue weighted by Gasteiger charge is 2.04. The highest BCUT2D eigenvalue weighted by molar-refractivity contribution is 4.52. The van der Waals surface area contributed by atoms with Crippen molar-refractivity contribution in [1.29, 1.82) is 0 Å². The van der Waals surface area contributed by atoms with E-state index in [9.17, 15) is 0 Å². The summed E-state index contributed by atoms with van der Waals surface area (Å²) in [6, 6.07) is 0.880. The van der Waals surface area contributed by atoms with Crippen LogP contribution in [0.5, 0.6) is 0 Å². The van der Waals surface area contributed by atoms with Crippen LogP contribution in [-0.4, -0.2) is 13.1 Å². The molecule has 0 bridgehead atoms. The Balaban J connectivity index is 0. The van der Waals surface area contributed by atoms with Gasteiger partial charge in [0.2, 0.25) is 0 Å². The Morgan fingerprint density at radius 3 is 1.87 bits per heavy atom. The van der Waals surface area contributed by atoms with E-state index in [4.69, 9.17) is 0 Å². The lowest BCUT2D eigenvalue weighted by molar-refractivity contribution is -0.664. The van der Waals surface area contributed by atoms with Crippen molar-refractivity contribution in [1.82, 2.24) is 0 Å². The smallest absolute Gasteiger partial charge is 0.0854 e. The lowest BCUT2D eigenvalue weighted by Gasteiger charge is -2.09. The van der Waals surface area contributed by atoms with Gasteiger partial charge in [0.15, 0.2) is 0 Å². The Labute approximate surface area is 103 Å². The first-order valence-electron chi connectivity index (χ1n) is 6.64. The zero-order chi connectivity index (χ0) is 10.6. The minimum absolute atomic E-state index is 0. The Hall–Kier alpha value is 0.250. The fourth-order valence-electron chi connectivity index (χ4n) is 1.97. The van der Waals surface area contributed by atoms with Crippen molar-refractivity contribution in [2.24, 2.45) is 0 Å². The average Bonchev–Trinajstić information content (AvgIpc) is 2.22. The molecule has 0 rings (SSSR count). The molecular weight excluding hydrogens is 206 g/mol. The van der Waals surface area contributed by atoms with E-state index in [1.54, 1.807) is 0 Å². The summed E-state index contributed by atoms with van der Waals surface area (Å²) in [6.45, 7) is 4.58. The van der Waals surface area contributed by atoms with Gasteiger partial charge in [-0.25, -0.2) is 0 Å². The van der Waals surface area contributed by atoms with E-state index in [-0.39, 0.29) is 12.4 Å². The molecule has 0 aliphatic heterocycles. The Morgan fingerprint density at radius 2 is 1.40 bits per heavy atom. The van der Waals surface area contributed by atoms with Crippen LogP contribution in [0.4, 0.5) is 0 Å². The van der Waals surface area contributed by atoms with E-state index in [1.807, 2.05) is 0 Å². The van der Waals surface area contributed by atoms with Gasteiger partial charge < -0.3 is 17.7 Å². The fourth-order valence-corrected chi connectivity index (χ4v) is 1.97. The van der Waals surface area contributed by atoms with Crippen molar-refractivity contribution < 1.29 is 17.7 Å². The van der Waals surface area contributed by atoms with Crippen molar-refractivity contribution in [2.75, 3.05) is 7.05 Å². The molecule has 0 saturated carbocycles. The maximum atomic E-state index is 2.37. The first kappa shape index (κ1) is 17.6. The zero-order valence-corrected chi connectivity index (χ0v) is 11.7. The van der Waals surface area contributed by atoms with Crippen LogP contribution in [0.3, 0.4) is 0 Å². The molecule has 94 valence electrons. The highest BCUT2D eigenvalue weighted by Crippen LogP contribution is 2.09. The molecule has 0 amide bonds. The number of hydrogen-bond donors (Lipinski definition) is 1. The molecule has 0 aromatic heterocycles. The molecule has 0 aromatic rings. The minimum Gasteiger partial charge on any atom is -1.00 e. The van der Waals surface area contributed by atoms with Gasteiger partial charge in [-0.15, -0.1) is 0 Å². The summed E-state index contributed by atoms with van der Waals surface area (Å²) in [5, 5.41) is 2.37. The van der Waals surface area contributed by atoms with Crippen LogP contribution >= 0.6 is 0 Å². The van der Waals surface area contributed by atoms with E-state index < -0.39 is 0 Å². The maximum absolute atomic E-state index is 2.37. The standard InChI is InChI=1S/C13H29N.ClH/c1-4-6-7-8-9-10-11-12-13(5-2)14-3;/h13-14H,4-12H2,1-3H3;1H. The maximum Gasteiger partial charge on any atom is 0.0854 e. The normalized spacial score (nSPS) is 12.2. The molecular formula is C13H30ClN. The fraction of sp³-hybridized carbons (Fsp3) is 1.00. The topological polar surface area (TPSA) is 16.6 Å². The predicted molar refractivity (Wildman–Crippen MR) is 64.5 cm³/mol. The molecule has 0 saturated heterocycles. The van der Waals surface area contributed by atoms with Gasteiger partial charge in [0.25, 0.3) is 0 Å². The first-order valence-corrected chi connectivity index (χ1v) is 6.64. The SMILES string of the molecule is CCCCCCCCCC(CC)[NH2+]C.[Cl-]. The van der Waals surface area contributed by atoms with Crippen molar-refractivity contribution in [3.8, 4) is 0 Å². The van der Waals surface area contributed by atoms with Gasteiger partial charge in [0.05, 0.1) is 13.1 Å². The number of unbranched alkanes of at least 4 members (excludes halogenated alkanes) is 6. The highest BCUT2D eigenvalue weighted by atomic mass is 35.5. The molecule has 1 atom stereocenters. The van der Waals surface area contributed by atoms with Gasteiger partial charge in [-0.3, -0.25) is 0 Å². The monoisotopic (exact) mass is 235 g/mol. The Bertz CT molecular complexity index is 103. The molecule has 1 unspecified atom stereocenters. The predicted octanol–water partition coefficient (Wildman–Crippen LogP) is 0.103. The average molecular weight is 236 g/mol. The summed E-state index contributed by atoms with van der Waals surface area (Å²) in [5.41, 5.74) is 0.